The number of hydroxylamine groups is 1. The summed E-state index contributed by atoms with van der Waals surface area (Å²) in [7, 11) is 1.58. The number of methoxy groups -OCH3 is 1. The van der Waals surface area contributed by atoms with Gasteiger partial charge in [-0.1, -0.05) is 5.92 Å². The number of aromatic nitrogens is 1. The number of hydrogen-bond acceptors (Lipinski definition) is 7. The molecule has 39 heavy (non-hydrogen) atoms. The first-order chi connectivity index (χ1) is 18.8. The molecule has 2 heterocycles. The normalized spacial score (nSPS) is 18.4. The third-order valence-corrected chi connectivity index (χ3v) is 7.76. The number of pyridine rings is 1. The lowest BCUT2D eigenvalue weighted by molar-refractivity contribution is -0.146. The van der Waals surface area contributed by atoms with Crippen molar-refractivity contribution in [2.24, 2.45) is 11.8 Å². The molecule has 1 aliphatic rings. The van der Waals surface area contributed by atoms with E-state index in [9.17, 15) is 28.3 Å². The maximum Gasteiger partial charge on any atom is 0.308 e. The van der Waals surface area contributed by atoms with Gasteiger partial charge in [0.2, 0.25) is 0 Å². The summed E-state index contributed by atoms with van der Waals surface area (Å²) in [6.07, 6.45) is 3.38. The Morgan fingerprint density at radius 1 is 1.28 bits per heavy atom. The van der Waals surface area contributed by atoms with E-state index in [1.165, 1.54) is 0 Å². The van der Waals surface area contributed by atoms with E-state index < -0.39 is 35.4 Å². The van der Waals surface area contributed by atoms with E-state index in [-0.39, 0.29) is 23.9 Å². The first-order valence-corrected chi connectivity index (χ1v) is 13.2. The Bertz CT molecular complexity index is 1400. The Hall–Kier alpha value is -3.30. The molecule has 11 heteroatoms. The fourth-order valence-electron chi connectivity index (χ4n) is 4.93. The number of hydrogen-bond donors (Lipinski definition) is 3. The molecule has 3 N–H and O–H groups in total. The number of halogens is 3. The summed E-state index contributed by atoms with van der Waals surface area (Å²) in [6.45, 7) is 1.15. The summed E-state index contributed by atoms with van der Waals surface area (Å²) >= 11 is 0.684. The number of carbonyl (C=O) groups is 1. The van der Waals surface area contributed by atoms with Gasteiger partial charge in [0, 0.05) is 24.2 Å². The first kappa shape index (κ1) is 28.7. The Morgan fingerprint density at radius 2 is 2.10 bits per heavy atom. The standard InChI is InChI=1S/C28H28F3N3O4S/c1-38-19-4-6-24-21(15-19)20(7-9-32-24)25(33-37)5-3-17-8-11-34(16-22(17)28(35)36)10-2-12-39-26-14-18(29)13-23(30)27(26)31/h4,6-7,9,13-15,17,22,25,33,37H,3,5,8,10-11,16H2,1H3,(H,35,36)/t17-,22+,25+/m1/s1. The van der Waals surface area contributed by atoms with Gasteiger partial charge in [0.15, 0.2) is 11.6 Å². The molecule has 206 valence electrons. The molecule has 1 saturated heterocycles. The van der Waals surface area contributed by atoms with Crippen LogP contribution in [0.25, 0.3) is 10.9 Å². The van der Waals surface area contributed by atoms with Crippen molar-refractivity contribution in [1.29, 1.82) is 0 Å². The number of benzene rings is 2. The molecule has 3 aromatic rings. The molecule has 0 radical (unpaired) electrons. The molecule has 7 nitrogen and oxygen atoms in total. The summed E-state index contributed by atoms with van der Waals surface area (Å²) in [5.74, 6) is -1.47. The molecule has 0 amide bonds. The summed E-state index contributed by atoms with van der Waals surface area (Å²) in [5.41, 5.74) is 3.98. The SMILES string of the molecule is COc1ccc2nccc([C@H](CC[C@@H]3CCN(CC#CSc4cc(F)cc(F)c4F)C[C@@H]3C(=O)O)NO)c2c1. The number of ether oxygens (including phenoxy) is 1. The molecule has 1 aliphatic heterocycles. The average Bonchev–Trinajstić information content (AvgIpc) is 2.93. The van der Waals surface area contributed by atoms with E-state index in [1.807, 2.05) is 29.2 Å². The third kappa shape index (κ3) is 7.02. The van der Waals surface area contributed by atoms with Gasteiger partial charge in [-0.05, 0) is 84.6 Å². The number of carboxylic acids is 1. The number of nitrogens with one attached hydrogen (secondary N) is 1. The zero-order valence-corrected chi connectivity index (χ0v) is 22.0. The molecular formula is C28H28F3N3O4S. The van der Waals surface area contributed by atoms with E-state index in [1.54, 1.807) is 13.3 Å². The lowest BCUT2D eigenvalue weighted by atomic mass is 9.81. The second-order valence-corrected chi connectivity index (χ2v) is 10.2. The summed E-state index contributed by atoms with van der Waals surface area (Å²) in [6, 6.07) is 8.27. The van der Waals surface area contributed by atoms with Gasteiger partial charge in [0.05, 0.1) is 36.0 Å². The first-order valence-electron chi connectivity index (χ1n) is 12.4. The van der Waals surface area contributed by atoms with Gasteiger partial charge in [-0.25, -0.2) is 13.2 Å². The minimum absolute atomic E-state index is 0.107. The fourth-order valence-corrected chi connectivity index (χ4v) is 5.53. The molecule has 0 bridgehead atoms. The van der Waals surface area contributed by atoms with Crippen LogP contribution in [0.1, 0.15) is 30.9 Å². The highest BCUT2D eigenvalue weighted by atomic mass is 32.2. The number of thioether (sulfide) groups is 1. The topological polar surface area (TPSA) is 94.9 Å². The van der Waals surface area contributed by atoms with Crippen LogP contribution in [0.2, 0.25) is 0 Å². The van der Waals surface area contributed by atoms with Crippen LogP contribution in [-0.4, -0.2) is 52.9 Å². The largest absolute Gasteiger partial charge is 0.497 e. The van der Waals surface area contributed by atoms with Crippen LogP contribution < -0.4 is 10.2 Å². The summed E-state index contributed by atoms with van der Waals surface area (Å²) < 4.78 is 45.8. The number of carboxylic acid groups (broad SMARTS) is 1. The van der Waals surface area contributed by atoms with Gasteiger partial charge in [-0.15, -0.1) is 0 Å². The number of piperidine rings is 1. The van der Waals surface area contributed by atoms with Gasteiger partial charge in [-0.3, -0.25) is 14.7 Å². The number of rotatable bonds is 9. The minimum atomic E-state index is -1.28. The minimum Gasteiger partial charge on any atom is -0.497 e. The van der Waals surface area contributed by atoms with Gasteiger partial charge in [0.25, 0.3) is 0 Å². The van der Waals surface area contributed by atoms with Crippen molar-refractivity contribution in [2.45, 2.75) is 30.2 Å². The zero-order valence-electron chi connectivity index (χ0n) is 21.2. The average molecular weight is 560 g/mol. The molecule has 0 unspecified atom stereocenters. The van der Waals surface area contributed by atoms with Crippen LogP contribution >= 0.6 is 11.8 Å². The second kappa shape index (κ2) is 13.2. The number of aliphatic carboxylic acids is 1. The maximum absolute atomic E-state index is 13.8. The molecule has 2 aromatic carbocycles. The van der Waals surface area contributed by atoms with Gasteiger partial charge >= 0.3 is 5.97 Å². The molecule has 3 atom stereocenters. The Balaban J connectivity index is 1.37. The van der Waals surface area contributed by atoms with Crippen LogP contribution in [-0.2, 0) is 4.79 Å². The number of likely N-dealkylation sites (tertiary alicyclic amines) is 1. The lowest BCUT2D eigenvalue weighted by Gasteiger charge is -2.36. The molecule has 1 aromatic heterocycles. The van der Waals surface area contributed by atoms with Gasteiger partial charge in [-0.2, -0.15) is 5.48 Å². The van der Waals surface area contributed by atoms with Crippen LogP contribution in [0.3, 0.4) is 0 Å². The predicted molar refractivity (Wildman–Crippen MR) is 141 cm³/mol. The van der Waals surface area contributed by atoms with Crippen LogP contribution in [0, 0.1) is 40.5 Å². The van der Waals surface area contributed by atoms with E-state index in [2.05, 4.69) is 21.6 Å². The van der Waals surface area contributed by atoms with E-state index >= 15 is 0 Å². The van der Waals surface area contributed by atoms with Gasteiger partial charge < -0.3 is 15.1 Å². The van der Waals surface area contributed by atoms with Crippen molar-refractivity contribution in [3.8, 4) is 16.9 Å². The molecule has 0 saturated carbocycles. The Labute approximate surface area is 228 Å². The molecule has 1 fully saturated rings. The maximum atomic E-state index is 13.8. The lowest BCUT2D eigenvalue weighted by Crippen LogP contribution is -2.44. The number of fused-ring (bicyclic) bond motifs is 1. The highest BCUT2D eigenvalue weighted by molar-refractivity contribution is 8.04. The van der Waals surface area contributed by atoms with Gasteiger partial charge in [0.1, 0.15) is 11.6 Å². The fraction of sp³-hybridized carbons (Fsp3) is 0.357. The van der Waals surface area contributed by atoms with Crippen LogP contribution in [0.5, 0.6) is 5.75 Å². The van der Waals surface area contributed by atoms with Crippen LogP contribution in [0.15, 0.2) is 47.5 Å². The van der Waals surface area contributed by atoms with E-state index in [4.69, 9.17) is 4.74 Å². The number of nitrogens with zero attached hydrogens (tertiary/aromatic N) is 2. The predicted octanol–water partition coefficient (Wildman–Crippen LogP) is 5.24. The van der Waals surface area contributed by atoms with Crippen LogP contribution in [0.4, 0.5) is 13.2 Å². The quantitative estimate of drug-likeness (QED) is 0.142. The second-order valence-electron chi connectivity index (χ2n) is 9.35. The molecule has 0 spiro atoms. The zero-order chi connectivity index (χ0) is 27.9. The van der Waals surface area contributed by atoms with Crippen molar-refractivity contribution in [1.82, 2.24) is 15.4 Å². The monoisotopic (exact) mass is 559 g/mol. The molecule has 4 rings (SSSR count). The van der Waals surface area contributed by atoms with Crippen molar-refractivity contribution in [3.05, 3.63) is 65.6 Å². The van der Waals surface area contributed by atoms with Crippen molar-refractivity contribution >= 4 is 28.6 Å². The van der Waals surface area contributed by atoms with Crippen molar-refractivity contribution in [2.75, 3.05) is 26.7 Å². The smallest absolute Gasteiger partial charge is 0.308 e. The Kier molecular flexibility index (Phi) is 9.69. The van der Waals surface area contributed by atoms with Crippen molar-refractivity contribution in [3.63, 3.8) is 0 Å². The molecule has 0 aliphatic carbocycles. The Morgan fingerprint density at radius 3 is 2.85 bits per heavy atom. The summed E-state index contributed by atoms with van der Waals surface area (Å²) in [4.78, 5) is 18.1. The van der Waals surface area contributed by atoms with Crippen molar-refractivity contribution < 1.29 is 33.0 Å². The summed E-state index contributed by atoms with van der Waals surface area (Å²) in [5, 5.41) is 23.3. The third-order valence-electron chi connectivity index (χ3n) is 6.99. The van der Waals surface area contributed by atoms with E-state index in [0.29, 0.717) is 49.4 Å². The van der Waals surface area contributed by atoms with E-state index in [0.717, 1.165) is 22.5 Å². The highest BCUT2D eigenvalue weighted by Crippen LogP contribution is 2.33. The molecular weight excluding hydrogens is 531 g/mol. The highest BCUT2D eigenvalue weighted by Gasteiger charge is 2.34.